The number of hydrogen-bond donors (Lipinski definition) is 1. The fourth-order valence-corrected chi connectivity index (χ4v) is 2.48. The van der Waals surface area contributed by atoms with Crippen LogP contribution in [0.5, 0.6) is 5.75 Å². The molecule has 1 N–H and O–H groups in total. The lowest BCUT2D eigenvalue weighted by atomic mass is 10.1. The van der Waals surface area contributed by atoms with Gasteiger partial charge in [-0.2, -0.15) is 0 Å². The van der Waals surface area contributed by atoms with Crippen molar-refractivity contribution in [1.82, 2.24) is 10.2 Å². The summed E-state index contributed by atoms with van der Waals surface area (Å²) in [5, 5.41) is 2.67. The van der Waals surface area contributed by atoms with Crippen molar-refractivity contribution < 1.29 is 14.3 Å². The van der Waals surface area contributed by atoms with Gasteiger partial charge in [0.25, 0.3) is 5.91 Å². The van der Waals surface area contributed by atoms with Gasteiger partial charge in [-0.15, -0.1) is 0 Å². The molecule has 1 aliphatic rings. The minimum absolute atomic E-state index is 0.195. The highest BCUT2D eigenvalue weighted by molar-refractivity contribution is 6.03. The van der Waals surface area contributed by atoms with E-state index >= 15 is 0 Å². The van der Waals surface area contributed by atoms with E-state index in [1.54, 1.807) is 0 Å². The summed E-state index contributed by atoms with van der Waals surface area (Å²) in [7, 11) is 1.48. The van der Waals surface area contributed by atoms with Gasteiger partial charge in [0.2, 0.25) is 0 Å². The molecule has 2 aromatic carbocycles. The lowest BCUT2D eigenvalue weighted by molar-refractivity contribution is -0.126. The summed E-state index contributed by atoms with van der Waals surface area (Å²) in [4.78, 5) is 24.4. The van der Waals surface area contributed by atoms with E-state index < -0.39 is 6.04 Å². The summed E-state index contributed by atoms with van der Waals surface area (Å²) in [6, 6.07) is 16.7. The first kappa shape index (κ1) is 15.1. The van der Waals surface area contributed by atoms with Gasteiger partial charge in [0.05, 0.1) is 0 Å². The van der Waals surface area contributed by atoms with Gasteiger partial charge in [0.15, 0.2) is 0 Å². The van der Waals surface area contributed by atoms with E-state index in [1.165, 1.54) is 7.05 Å². The van der Waals surface area contributed by atoms with E-state index in [-0.39, 0.29) is 11.9 Å². The van der Waals surface area contributed by atoms with Gasteiger partial charge in [-0.1, -0.05) is 42.5 Å². The third kappa shape index (κ3) is 3.51. The van der Waals surface area contributed by atoms with Crippen LogP contribution in [0.3, 0.4) is 0 Å². The van der Waals surface area contributed by atoms with Gasteiger partial charge < -0.3 is 10.1 Å². The molecule has 1 atom stereocenters. The lowest BCUT2D eigenvalue weighted by Gasteiger charge is -2.10. The number of urea groups is 1. The number of nitrogens with one attached hydrogen (secondary N) is 1. The predicted octanol–water partition coefficient (Wildman–Crippen LogP) is 2.36. The Hall–Kier alpha value is -2.82. The number of imide groups is 1. The van der Waals surface area contributed by atoms with Crippen LogP contribution in [-0.2, 0) is 17.8 Å². The van der Waals surface area contributed by atoms with Crippen LogP contribution in [0.15, 0.2) is 54.6 Å². The van der Waals surface area contributed by atoms with Crippen molar-refractivity contribution >= 4 is 11.9 Å². The number of hydrogen-bond acceptors (Lipinski definition) is 3. The first-order chi connectivity index (χ1) is 11.1. The number of carbonyl (C=O) groups is 2. The zero-order valence-electron chi connectivity index (χ0n) is 12.9. The van der Waals surface area contributed by atoms with Crippen molar-refractivity contribution in [2.75, 3.05) is 7.05 Å². The molecule has 23 heavy (non-hydrogen) atoms. The molecule has 1 unspecified atom stereocenters. The average Bonchev–Trinajstić information content (AvgIpc) is 2.82. The van der Waals surface area contributed by atoms with Crippen LogP contribution in [0.25, 0.3) is 0 Å². The first-order valence-corrected chi connectivity index (χ1v) is 7.47. The average molecular weight is 310 g/mol. The zero-order valence-corrected chi connectivity index (χ0v) is 12.9. The highest BCUT2D eigenvalue weighted by atomic mass is 16.5. The topological polar surface area (TPSA) is 58.6 Å². The van der Waals surface area contributed by atoms with Gasteiger partial charge >= 0.3 is 6.03 Å². The summed E-state index contributed by atoms with van der Waals surface area (Å²) >= 11 is 0. The van der Waals surface area contributed by atoms with Crippen molar-refractivity contribution in [3.63, 3.8) is 0 Å². The van der Waals surface area contributed by atoms with E-state index in [2.05, 4.69) is 5.32 Å². The van der Waals surface area contributed by atoms with Crippen LogP contribution in [0, 0.1) is 0 Å². The maximum atomic E-state index is 11.9. The van der Waals surface area contributed by atoms with E-state index in [0.29, 0.717) is 13.0 Å². The van der Waals surface area contributed by atoms with Crippen molar-refractivity contribution in [2.24, 2.45) is 0 Å². The van der Waals surface area contributed by atoms with Gasteiger partial charge in [-0.25, -0.2) is 4.79 Å². The standard InChI is InChI=1S/C18H18N2O3/c1-20-17(21)16(19-18(20)22)11-13-7-9-15(10-8-13)23-12-14-5-3-2-4-6-14/h2-10,16H,11-12H2,1H3,(H,19,22). The SMILES string of the molecule is CN1C(=O)NC(Cc2ccc(OCc3ccccc3)cc2)C1=O. The third-order valence-electron chi connectivity index (χ3n) is 3.84. The molecule has 5 heteroatoms. The summed E-state index contributed by atoms with van der Waals surface area (Å²) in [5.74, 6) is 0.580. The van der Waals surface area contributed by atoms with Gasteiger partial charge in [0.1, 0.15) is 18.4 Å². The molecule has 5 nitrogen and oxygen atoms in total. The Kier molecular flexibility index (Phi) is 4.28. The van der Waals surface area contributed by atoms with Crippen LogP contribution in [0.2, 0.25) is 0 Å². The highest BCUT2D eigenvalue weighted by Crippen LogP contribution is 2.17. The van der Waals surface area contributed by atoms with Gasteiger partial charge in [-0.3, -0.25) is 9.69 Å². The molecule has 1 aliphatic heterocycles. The number of benzene rings is 2. The molecule has 0 aromatic heterocycles. The molecule has 3 rings (SSSR count). The maximum Gasteiger partial charge on any atom is 0.324 e. The molecular weight excluding hydrogens is 292 g/mol. The minimum Gasteiger partial charge on any atom is -0.489 e. The van der Waals surface area contributed by atoms with E-state index in [9.17, 15) is 9.59 Å². The Morgan fingerprint density at radius 3 is 2.30 bits per heavy atom. The molecular formula is C18H18N2O3. The zero-order chi connectivity index (χ0) is 16.2. The molecule has 1 saturated heterocycles. The predicted molar refractivity (Wildman–Crippen MR) is 86.0 cm³/mol. The second-order valence-corrected chi connectivity index (χ2v) is 5.52. The van der Waals surface area contributed by atoms with Gasteiger partial charge in [0, 0.05) is 13.5 Å². The number of nitrogens with zero attached hydrogens (tertiary/aromatic N) is 1. The van der Waals surface area contributed by atoms with Crippen molar-refractivity contribution in [3.8, 4) is 5.75 Å². The smallest absolute Gasteiger partial charge is 0.324 e. The maximum absolute atomic E-state index is 11.9. The Labute approximate surface area is 134 Å². The highest BCUT2D eigenvalue weighted by Gasteiger charge is 2.34. The number of likely N-dealkylation sites (N-methyl/N-ethyl adjacent to an activating group) is 1. The summed E-state index contributed by atoms with van der Waals surface area (Å²) in [6.07, 6.45) is 0.480. The fourth-order valence-electron chi connectivity index (χ4n) is 2.48. The Morgan fingerprint density at radius 2 is 1.70 bits per heavy atom. The van der Waals surface area contributed by atoms with Crippen LogP contribution < -0.4 is 10.1 Å². The molecule has 0 aliphatic carbocycles. The molecule has 2 aromatic rings. The normalized spacial score (nSPS) is 17.3. The molecule has 0 radical (unpaired) electrons. The lowest BCUT2D eigenvalue weighted by Crippen LogP contribution is -2.31. The Bertz CT molecular complexity index is 698. The molecule has 118 valence electrons. The van der Waals surface area contributed by atoms with E-state index in [0.717, 1.165) is 21.8 Å². The largest absolute Gasteiger partial charge is 0.489 e. The van der Waals surface area contributed by atoms with Crippen molar-refractivity contribution in [1.29, 1.82) is 0 Å². The minimum atomic E-state index is -0.483. The molecule has 3 amide bonds. The quantitative estimate of drug-likeness (QED) is 0.863. The van der Waals surface area contributed by atoms with Crippen LogP contribution in [0.1, 0.15) is 11.1 Å². The number of rotatable bonds is 5. The molecule has 1 fully saturated rings. The number of carbonyl (C=O) groups excluding carboxylic acids is 2. The summed E-state index contributed by atoms with van der Waals surface area (Å²) in [6.45, 7) is 0.516. The Balaban J connectivity index is 1.57. The molecule has 0 spiro atoms. The van der Waals surface area contributed by atoms with Crippen molar-refractivity contribution in [3.05, 3.63) is 65.7 Å². The van der Waals surface area contributed by atoms with E-state index in [4.69, 9.17) is 4.74 Å². The van der Waals surface area contributed by atoms with Crippen molar-refractivity contribution in [2.45, 2.75) is 19.1 Å². The van der Waals surface area contributed by atoms with Crippen LogP contribution >= 0.6 is 0 Å². The first-order valence-electron chi connectivity index (χ1n) is 7.47. The van der Waals surface area contributed by atoms with Crippen LogP contribution in [-0.4, -0.2) is 29.9 Å². The van der Waals surface area contributed by atoms with Gasteiger partial charge in [-0.05, 0) is 23.3 Å². The monoisotopic (exact) mass is 310 g/mol. The second-order valence-electron chi connectivity index (χ2n) is 5.52. The number of amides is 3. The Morgan fingerprint density at radius 1 is 1.00 bits per heavy atom. The third-order valence-corrected chi connectivity index (χ3v) is 3.84. The summed E-state index contributed by atoms with van der Waals surface area (Å²) < 4.78 is 5.73. The summed E-state index contributed by atoms with van der Waals surface area (Å²) in [5.41, 5.74) is 2.09. The second kappa shape index (κ2) is 6.52. The fraction of sp³-hybridized carbons (Fsp3) is 0.222. The molecule has 0 bridgehead atoms. The van der Waals surface area contributed by atoms with E-state index in [1.807, 2.05) is 54.6 Å². The number of ether oxygens (including phenoxy) is 1. The van der Waals surface area contributed by atoms with Crippen LogP contribution in [0.4, 0.5) is 4.79 Å². The molecule has 1 heterocycles. The molecule has 0 saturated carbocycles.